The molecule has 3 aromatic rings. The van der Waals surface area contributed by atoms with Crippen LogP contribution in [0.2, 0.25) is 0 Å². The van der Waals surface area contributed by atoms with E-state index < -0.39 is 6.10 Å². The molecule has 0 aliphatic carbocycles. The van der Waals surface area contributed by atoms with Gasteiger partial charge in [-0.05, 0) is 25.5 Å². The van der Waals surface area contributed by atoms with Crippen LogP contribution in [0.15, 0.2) is 48.5 Å². The number of aryl methyl sites for hydroxylation is 1. The number of aromatic amines is 1. The Hall–Kier alpha value is -2.66. The van der Waals surface area contributed by atoms with Gasteiger partial charge in [0.05, 0.1) is 30.3 Å². The van der Waals surface area contributed by atoms with Crippen molar-refractivity contribution in [1.82, 2.24) is 15.1 Å². The van der Waals surface area contributed by atoms with Crippen LogP contribution >= 0.6 is 0 Å². The van der Waals surface area contributed by atoms with Gasteiger partial charge in [-0.3, -0.25) is 9.89 Å². The van der Waals surface area contributed by atoms with Crippen LogP contribution in [0.5, 0.6) is 0 Å². The number of fused-ring (bicyclic) bond motifs is 1. The fourth-order valence-electron chi connectivity index (χ4n) is 2.92. The molecule has 1 atom stereocenters. The summed E-state index contributed by atoms with van der Waals surface area (Å²) in [5.41, 5.74) is 3.63. The van der Waals surface area contributed by atoms with E-state index in [2.05, 4.69) is 10.2 Å². The third-order valence-corrected chi connectivity index (χ3v) is 4.46. The second-order valence-corrected chi connectivity index (χ2v) is 6.25. The zero-order valence-electron chi connectivity index (χ0n) is 14.6. The minimum absolute atomic E-state index is 0.0249. The van der Waals surface area contributed by atoms with Crippen molar-refractivity contribution in [2.45, 2.75) is 26.4 Å². The lowest BCUT2D eigenvalue weighted by molar-refractivity contribution is -0.131. The van der Waals surface area contributed by atoms with Crippen molar-refractivity contribution in [2.75, 3.05) is 13.1 Å². The second-order valence-electron chi connectivity index (χ2n) is 6.25. The van der Waals surface area contributed by atoms with E-state index in [1.165, 1.54) is 0 Å². The lowest BCUT2D eigenvalue weighted by atomic mass is 10.1. The van der Waals surface area contributed by atoms with Gasteiger partial charge in [-0.15, -0.1) is 0 Å². The van der Waals surface area contributed by atoms with E-state index in [-0.39, 0.29) is 18.9 Å². The first-order valence-corrected chi connectivity index (χ1v) is 8.53. The van der Waals surface area contributed by atoms with E-state index in [9.17, 15) is 9.90 Å². The highest BCUT2D eigenvalue weighted by atomic mass is 16.3. The summed E-state index contributed by atoms with van der Waals surface area (Å²) in [4.78, 5) is 14.4. The number of H-pyrrole nitrogens is 1. The molecule has 0 spiro atoms. The van der Waals surface area contributed by atoms with E-state index in [0.29, 0.717) is 6.54 Å². The maximum absolute atomic E-state index is 12.7. The van der Waals surface area contributed by atoms with Crippen LogP contribution in [0, 0.1) is 6.92 Å². The van der Waals surface area contributed by atoms with Crippen LogP contribution in [0.4, 0.5) is 0 Å². The van der Waals surface area contributed by atoms with Gasteiger partial charge in [0.15, 0.2) is 0 Å². The molecule has 2 aromatic carbocycles. The highest BCUT2D eigenvalue weighted by molar-refractivity contribution is 5.87. The zero-order chi connectivity index (χ0) is 17.8. The monoisotopic (exact) mass is 337 g/mol. The van der Waals surface area contributed by atoms with Crippen LogP contribution in [-0.4, -0.2) is 39.2 Å². The SMILES string of the molecule is CCN(CC(O)c1ccc(C)cc1)C(=O)Cc1[nH]nc2ccccc12. The summed E-state index contributed by atoms with van der Waals surface area (Å²) in [6.07, 6.45) is -0.447. The number of nitrogens with one attached hydrogen (secondary N) is 1. The highest BCUT2D eigenvalue weighted by Gasteiger charge is 2.19. The number of rotatable bonds is 6. The number of benzene rings is 2. The van der Waals surface area contributed by atoms with Crippen LogP contribution in [0.3, 0.4) is 0 Å². The Morgan fingerprint density at radius 1 is 1.20 bits per heavy atom. The number of aromatic nitrogens is 2. The van der Waals surface area contributed by atoms with Crippen LogP contribution in [-0.2, 0) is 11.2 Å². The Morgan fingerprint density at radius 3 is 2.64 bits per heavy atom. The second kappa shape index (κ2) is 7.49. The number of amides is 1. The minimum Gasteiger partial charge on any atom is -0.387 e. The van der Waals surface area contributed by atoms with E-state index in [0.717, 1.165) is 27.7 Å². The van der Waals surface area contributed by atoms with Crippen molar-refractivity contribution in [3.63, 3.8) is 0 Å². The number of carbonyl (C=O) groups excluding carboxylic acids is 1. The summed E-state index contributed by atoms with van der Waals surface area (Å²) in [6.45, 7) is 4.76. The number of nitrogens with zero attached hydrogens (tertiary/aromatic N) is 2. The van der Waals surface area contributed by atoms with Crippen molar-refractivity contribution >= 4 is 16.8 Å². The first-order valence-electron chi connectivity index (χ1n) is 8.53. The molecule has 1 amide bonds. The predicted octanol–water partition coefficient (Wildman–Crippen LogP) is 3.00. The molecule has 130 valence electrons. The fourth-order valence-corrected chi connectivity index (χ4v) is 2.92. The topological polar surface area (TPSA) is 69.2 Å². The number of aliphatic hydroxyl groups is 1. The molecule has 0 aliphatic rings. The van der Waals surface area contributed by atoms with Gasteiger partial charge < -0.3 is 10.0 Å². The summed E-state index contributed by atoms with van der Waals surface area (Å²) in [5, 5.41) is 18.6. The smallest absolute Gasteiger partial charge is 0.228 e. The molecule has 25 heavy (non-hydrogen) atoms. The van der Waals surface area contributed by atoms with Crippen molar-refractivity contribution in [3.05, 3.63) is 65.4 Å². The molecule has 1 heterocycles. The van der Waals surface area contributed by atoms with Crippen molar-refractivity contribution in [2.24, 2.45) is 0 Å². The van der Waals surface area contributed by atoms with Gasteiger partial charge in [0.2, 0.25) is 5.91 Å². The fraction of sp³-hybridized carbons (Fsp3) is 0.300. The summed E-state index contributed by atoms with van der Waals surface area (Å²) < 4.78 is 0. The Kier molecular flexibility index (Phi) is 5.14. The summed E-state index contributed by atoms with van der Waals surface area (Å²) in [7, 11) is 0. The Labute approximate surface area is 147 Å². The summed E-state index contributed by atoms with van der Waals surface area (Å²) in [6, 6.07) is 15.5. The number of para-hydroxylation sites is 1. The standard InChI is InChI=1S/C20H23N3O2/c1-3-23(13-19(24)15-10-8-14(2)9-11-15)20(25)12-18-16-6-4-5-7-17(16)21-22-18/h4-11,19,24H,3,12-13H2,1-2H3,(H,21,22). The summed E-state index contributed by atoms with van der Waals surface area (Å²) >= 11 is 0. The third-order valence-electron chi connectivity index (χ3n) is 4.46. The molecule has 5 nitrogen and oxygen atoms in total. The first-order chi connectivity index (χ1) is 12.1. The van der Waals surface area contributed by atoms with Gasteiger partial charge in [-0.1, -0.05) is 48.0 Å². The van der Waals surface area contributed by atoms with Crippen LogP contribution < -0.4 is 0 Å². The van der Waals surface area contributed by atoms with Gasteiger partial charge in [-0.25, -0.2) is 0 Å². The van der Waals surface area contributed by atoms with Crippen molar-refractivity contribution in [1.29, 1.82) is 0 Å². The van der Waals surface area contributed by atoms with Gasteiger partial charge in [0, 0.05) is 11.9 Å². The predicted molar refractivity (Wildman–Crippen MR) is 98.2 cm³/mol. The minimum atomic E-state index is -0.692. The number of likely N-dealkylation sites (N-methyl/N-ethyl adjacent to an activating group) is 1. The van der Waals surface area contributed by atoms with Gasteiger partial charge in [0.1, 0.15) is 0 Å². The molecular weight excluding hydrogens is 314 g/mol. The average Bonchev–Trinajstić information content (AvgIpc) is 3.03. The van der Waals surface area contributed by atoms with Crippen molar-refractivity contribution in [3.8, 4) is 0 Å². The van der Waals surface area contributed by atoms with E-state index in [1.807, 2.05) is 62.4 Å². The average molecular weight is 337 g/mol. The number of hydrogen-bond donors (Lipinski definition) is 2. The Bertz CT molecular complexity index is 855. The molecule has 1 aromatic heterocycles. The molecule has 2 N–H and O–H groups in total. The molecule has 0 bridgehead atoms. The lowest BCUT2D eigenvalue weighted by Crippen LogP contribution is -2.35. The molecule has 3 rings (SSSR count). The molecule has 0 aliphatic heterocycles. The molecule has 0 saturated heterocycles. The van der Waals surface area contributed by atoms with Crippen LogP contribution in [0.1, 0.15) is 29.8 Å². The molecule has 0 radical (unpaired) electrons. The van der Waals surface area contributed by atoms with E-state index >= 15 is 0 Å². The van der Waals surface area contributed by atoms with Gasteiger partial charge in [-0.2, -0.15) is 5.10 Å². The summed E-state index contributed by atoms with van der Waals surface area (Å²) in [5.74, 6) is -0.0249. The first kappa shape index (κ1) is 17.2. The van der Waals surface area contributed by atoms with E-state index in [4.69, 9.17) is 0 Å². The van der Waals surface area contributed by atoms with Crippen molar-refractivity contribution < 1.29 is 9.90 Å². The number of carbonyl (C=O) groups is 1. The van der Waals surface area contributed by atoms with Crippen LogP contribution in [0.25, 0.3) is 10.9 Å². The molecule has 1 unspecified atom stereocenters. The third kappa shape index (κ3) is 3.88. The normalized spacial score (nSPS) is 12.3. The molecule has 0 fully saturated rings. The largest absolute Gasteiger partial charge is 0.387 e. The van der Waals surface area contributed by atoms with Gasteiger partial charge >= 0.3 is 0 Å². The Morgan fingerprint density at radius 2 is 1.92 bits per heavy atom. The zero-order valence-corrected chi connectivity index (χ0v) is 14.6. The van der Waals surface area contributed by atoms with Gasteiger partial charge in [0.25, 0.3) is 0 Å². The quantitative estimate of drug-likeness (QED) is 0.726. The molecule has 0 saturated carbocycles. The highest BCUT2D eigenvalue weighted by Crippen LogP contribution is 2.18. The molecular formula is C20H23N3O2. The maximum atomic E-state index is 12.7. The maximum Gasteiger partial charge on any atom is 0.228 e. The Balaban J connectivity index is 1.69. The lowest BCUT2D eigenvalue weighted by Gasteiger charge is -2.24. The molecule has 5 heteroatoms. The number of aliphatic hydroxyl groups excluding tert-OH is 1. The van der Waals surface area contributed by atoms with E-state index in [1.54, 1.807) is 4.90 Å². The number of hydrogen-bond acceptors (Lipinski definition) is 3.